The van der Waals surface area contributed by atoms with E-state index in [4.69, 9.17) is 10.5 Å². The van der Waals surface area contributed by atoms with Gasteiger partial charge in [-0.05, 0) is 36.6 Å². The Hall–Kier alpha value is -3.79. The lowest BCUT2D eigenvalue weighted by Crippen LogP contribution is -2.52. The topological polar surface area (TPSA) is 171 Å². The average molecular weight is 445 g/mol. The first-order valence-electron chi connectivity index (χ1n) is 10.0. The number of ether oxygens (including phenoxy) is 1. The summed E-state index contributed by atoms with van der Waals surface area (Å²) in [6, 6.07) is 10.3. The molecule has 0 aliphatic heterocycles. The summed E-state index contributed by atoms with van der Waals surface area (Å²) < 4.78 is 5.13. The Morgan fingerprint density at radius 2 is 1.72 bits per heavy atom. The summed E-state index contributed by atoms with van der Waals surface area (Å²) in [4.78, 5) is 36.5. The second-order valence-corrected chi connectivity index (χ2v) is 7.11. The number of carboxylic acid groups (broad SMARTS) is 1. The maximum atomic E-state index is 12.7. The number of rotatable bonds is 11. The molecule has 2 amide bonds. The van der Waals surface area contributed by atoms with Crippen molar-refractivity contribution in [1.29, 1.82) is 0 Å². The zero-order valence-corrected chi connectivity index (χ0v) is 17.4. The molecule has 0 aromatic heterocycles. The number of carbonyl (C=O) groups is 3. The minimum Gasteiger partial charge on any atom is -0.508 e. The van der Waals surface area contributed by atoms with Crippen molar-refractivity contribution in [2.45, 2.75) is 38.0 Å². The first-order chi connectivity index (χ1) is 15.3. The monoisotopic (exact) mass is 445 g/mol. The zero-order chi connectivity index (χ0) is 23.5. The van der Waals surface area contributed by atoms with Gasteiger partial charge in [0.15, 0.2) is 0 Å². The average Bonchev–Trinajstić information content (AvgIpc) is 2.76. The molecule has 0 aliphatic rings. The molecule has 0 bridgehead atoms. The second-order valence-electron chi connectivity index (χ2n) is 7.11. The predicted octanol–water partition coefficient (Wildman–Crippen LogP) is 1.24. The van der Waals surface area contributed by atoms with Crippen LogP contribution in [0, 0.1) is 0 Å². The van der Waals surface area contributed by atoms with Crippen LogP contribution in [0.4, 0.5) is 4.79 Å². The minimum atomic E-state index is -1.37. The van der Waals surface area contributed by atoms with Crippen molar-refractivity contribution in [3.8, 4) is 11.5 Å². The van der Waals surface area contributed by atoms with Crippen LogP contribution in [0.25, 0.3) is 0 Å². The summed E-state index contributed by atoms with van der Waals surface area (Å²) in [6.45, 7) is 0.282. The Kier molecular flexibility index (Phi) is 9.30. The molecule has 0 saturated heterocycles. The third-order valence-electron chi connectivity index (χ3n) is 4.63. The summed E-state index contributed by atoms with van der Waals surface area (Å²) in [5.74, 6) is -2.52. The molecule has 0 radical (unpaired) electrons. The molecule has 10 heteroatoms. The van der Waals surface area contributed by atoms with E-state index in [0.717, 1.165) is 11.6 Å². The quantitative estimate of drug-likeness (QED) is 0.300. The number of nitrogens with two attached hydrogens (primary N) is 1. The van der Waals surface area contributed by atoms with Gasteiger partial charge in [-0.15, -0.1) is 0 Å². The van der Waals surface area contributed by atoms with Crippen LogP contribution >= 0.6 is 0 Å². The van der Waals surface area contributed by atoms with Gasteiger partial charge in [-0.3, -0.25) is 4.79 Å². The molecule has 0 unspecified atom stereocenters. The Morgan fingerprint density at radius 3 is 2.34 bits per heavy atom. The maximum absolute atomic E-state index is 12.7. The lowest BCUT2D eigenvalue weighted by molar-refractivity contribution is -0.142. The van der Waals surface area contributed by atoms with E-state index >= 15 is 0 Å². The molecular formula is C22H27N3O7. The molecule has 0 heterocycles. The van der Waals surface area contributed by atoms with Crippen molar-refractivity contribution in [2.24, 2.45) is 5.73 Å². The van der Waals surface area contributed by atoms with Gasteiger partial charge in [0, 0.05) is 12.5 Å². The number of hydrogen-bond donors (Lipinski definition) is 6. The van der Waals surface area contributed by atoms with Crippen molar-refractivity contribution < 1.29 is 34.4 Å². The van der Waals surface area contributed by atoms with Gasteiger partial charge in [0.2, 0.25) is 5.91 Å². The fourth-order valence-corrected chi connectivity index (χ4v) is 2.91. The number of alkyl carbamates (subject to hydrolysis) is 1. The number of aromatic hydroxyl groups is 2. The second kappa shape index (κ2) is 12.2. The van der Waals surface area contributed by atoms with E-state index in [1.807, 2.05) is 6.07 Å². The van der Waals surface area contributed by atoms with Crippen LogP contribution in [0.5, 0.6) is 11.5 Å². The van der Waals surface area contributed by atoms with E-state index in [1.54, 1.807) is 24.3 Å². The van der Waals surface area contributed by atoms with E-state index < -0.39 is 30.1 Å². The molecule has 0 spiro atoms. The largest absolute Gasteiger partial charge is 0.508 e. The van der Waals surface area contributed by atoms with Gasteiger partial charge in [-0.1, -0.05) is 36.4 Å². The fraction of sp³-hybridized carbons (Fsp3) is 0.318. The smallest absolute Gasteiger partial charge is 0.408 e. The van der Waals surface area contributed by atoms with Crippen molar-refractivity contribution in [2.75, 3.05) is 6.54 Å². The number of nitrogens with one attached hydrogen (secondary N) is 2. The lowest BCUT2D eigenvalue weighted by Gasteiger charge is -2.21. The Balaban J connectivity index is 2.01. The summed E-state index contributed by atoms with van der Waals surface area (Å²) in [5.41, 5.74) is 6.50. The minimum absolute atomic E-state index is 0.00970. The number of phenols is 2. The molecule has 2 rings (SSSR count). The van der Waals surface area contributed by atoms with Crippen LogP contribution < -0.4 is 16.4 Å². The first kappa shape index (κ1) is 24.5. The van der Waals surface area contributed by atoms with Crippen molar-refractivity contribution in [3.05, 3.63) is 59.7 Å². The number of hydrogen-bond acceptors (Lipinski definition) is 7. The van der Waals surface area contributed by atoms with Gasteiger partial charge >= 0.3 is 12.1 Å². The van der Waals surface area contributed by atoms with Crippen LogP contribution in [0.3, 0.4) is 0 Å². The molecule has 0 fully saturated rings. The van der Waals surface area contributed by atoms with Crippen molar-refractivity contribution >= 4 is 18.0 Å². The van der Waals surface area contributed by atoms with Crippen molar-refractivity contribution in [3.63, 3.8) is 0 Å². The van der Waals surface area contributed by atoms with Crippen LogP contribution in [-0.2, 0) is 27.4 Å². The molecule has 2 atom stereocenters. The van der Waals surface area contributed by atoms with Crippen molar-refractivity contribution in [1.82, 2.24) is 10.6 Å². The Bertz CT molecular complexity index is 921. The SMILES string of the molecule is NCCC[C@@H](NC(=O)OCc1ccccc1)C(=O)N[C@@H](Cc1ccc(O)cc1O)C(=O)O. The number of carbonyl (C=O) groups excluding carboxylic acids is 2. The molecule has 32 heavy (non-hydrogen) atoms. The van der Waals surface area contributed by atoms with Gasteiger partial charge in [0.05, 0.1) is 0 Å². The third-order valence-corrected chi connectivity index (χ3v) is 4.63. The molecule has 10 nitrogen and oxygen atoms in total. The molecule has 0 saturated carbocycles. The van der Waals surface area contributed by atoms with E-state index in [2.05, 4.69) is 10.6 Å². The predicted molar refractivity (Wildman–Crippen MR) is 115 cm³/mol. The molecule has 2 aromatic rings. The van der Waals surface area contributed by atoms with Crippen LogP contribution in [-0.4, -0.2) is 51.9 Å². The van der Waals surface area contributed by atoms with Gasteiger partial charge in [0.25, 0.3) is 0 Å². The summed E-state index contributed by atoms with van der Waals surface area (Å²) in [7, 11) is 0. The first-order valence-corrected chi connectivity index (χ1v) is 10.0. The standard InChI is InChI=1S/C22H27N3O7/c23-10-4-7-17(25-22(31)32-13-14-5-2-1-3-6-14)20(28)24-18(21(29)30)11-15-8-9-16(26)12-19(15)27/h1-3,5-6,8-9,12,17-18,26-27H,4,7,10-11,13,23H2,(H,24,28)(H,25,31)(H,29,30)/t17-,18+/m1/s1. The highest BCUT2D eigenvalue weighted by molar-refractivity contribution is 5.89. The Labute approximate surface area is 185 Å². The number of aliphatic carboxylic acids is 1. The lowest BCUT2D eigenvalue weighted by atomic mass is 10.0. The molecule has 0 aliphatic carbocycles. The highest BCUT2D eigenvalue weighted by Crippen LogP contribution is 2.23. The van der Waals surface area contributed by atoms with Crippen LogP contribution in [0.1, 0.15) is 24.0 Å². The fourth-order valence-electron chi connectivity index (χ4n) is 2.91. The summed E-state index contributed by atoms with van der Waals surface area (Å²) in [5, 5.41) is 33.6. The van der Waals surface area contributed by atoms with E-state index in [1.165, 1.54) is 12.1 Å². The molecule has 172 valence electrons. The molecule has 7 N–H and O–H groups in total. The van der Waals surface area contributed by atoms with Gasteiger partial charge in [-0.25, -0.2) is 9.59 Å². The van der Waals surface area contributed by atoms with Gasteiger partial charge < -0.3 is 36.4 Å². The highest BCUT2D eigenvalue weighted by atomic mass is 16.5. The number of benzene rings is 2. The third kappa shape index (κ3) is 7.80. The maximum Gasteiger partial charge on any atom is 0.408 e. The van der Waals surface area contributed by atoms with E-state index in [0.29, 0.717) is 6.42 Å². The highest BCUT2D eigenvalue weighted by Gasteiger charge is 2.27. The van der Waals surface area contributed by atoms with E-state index in [-0.39, 0.29) is 43.1 Å². The summed E-state index contributed by atoms with van der Waals surface area (Å²) >= 11 is 0. The van der Waals surface area contributed by atoms with E-state index in [9.17, 15) is 29.7 Å². The number of phenolic OH excluding ortho intramolecular Hbond substituents is 2. The van der Waals surface area contributed by atoms with Gasteiger partial charge in [0.1, 0.15) is 30.2 Å². The van der Waals surface area contributed by atoms with Gasteiger partial charge in [-0.2, -0.15) is 0 Å². The van der Waals surface area contributed by atoms with Crippen LogP contribution in [0.15, 0.2) is 48.5 Å². The van der Waals surface area contributed by atoms with Crippen LogP contribution in [0.2, 0.25) is 0 Å². The Morgan fingerprint density at radius 1 is 1.00 bits per heavy atom. The number of carboxylic acids is 1. The summed E-state index contributed by atoms with van der Waals surface area (Å²) in [6.07, 6.45) is -0.461. The normalized spacial score (nSPS) is 12.4. The molecule has 2 aromatic carbocycles. The zero-order valence-electron chi connectivity index (χ0n) is 17.4. The number of amides is 2. The molecular weight excluding hydrogens is 418 g/mol.